The fourth-order valence-electron chi connectivity index (χ4n) is 1.34. The number of thiophene rings is 1. The van der Waals surface area contributed by atoms with Crippen molar-refractivity contribution in [3.05, 3.63) is 33.1 Å². The Kier molecular flexibility index (Phi) is 2.91. The molecule has 2 aromatic rings. The Morgan fingerprint density at radius 3 is 2.93 bits per heavy atom. The van der Waals surface area contributed by atoms with Crippen molar-refractivity contribution in [1.29, 1.82) is 0 Å². The third-order valence-corrected chi connectivity index (χ3v) is 4.26. The van der Waals surface area contributed by atoms with Crippen LogP contribution in [0.1, 0.15) is 15.9 Å². The van der Waals surface area contributed by atoms with Crippen molar-refractivity contribution in [2.24, 2.45) is 0 Å². The molecule has 1 aromatic carbocycles. The standard InChI is InChI=1S/C10H6BrClOS/c11-9-2-6(4-13)1-8-7(3-12)5-14-10(8)9/h1-2,4-5H,3H2. The number of fused-ring (bicyclic) bond motifs is 1. The molecule has 0 aliphatic rings. The zero-order valence-corrected chi connectivity index (χ0v) is 10.2. The Hall–Kier alpha value is -0.380. The lowest BCUT2D eigenvalue weighted by Crippen LogP contribution is -1.81. The van der Waals surface area contributed by atoms with Crippen molar-refractivity contribution in [2.75, 3.05) is 0 Å². The fourth-order valence-corrected chi connectivity index (χ4v) is 3.37. The van der Waals surface area contributed by atoms with E-state index >= 15 is 0 Å². The summed E-state index contributed by atoms with van der Waals surface area (Å²) in [5, 5.41) is 3.10. The van der Waals surface area contributed by atoms with Crippen LogP contribution in [-0.2, 0) is 5.88 Å². The Morgan fingerprint density at radius 1 is 1.50 bits per heavy atom. The lowest BCUT2D eigenvalue weighted by molar-refractivity contribution is 0.112. The SMILES string of the molecule is O=Cc1cc(Br)c2scc(CCl)c2c1. The normalized spacial score (nSPS) is 10.7. The minimum atomic E-state index is 0.481. The largest absolute Gasteiger partial charge is 0.298 e. The van der Waals surface area contributed by atoms with Crippen molar-refractivity contribution < 1.29 is 4.79 Å². The van der Waals surface area contributed by atoms with Crippen molar-refractivity contribution >= 4 is 55.2 Å². The van der Waals surface area contributed by atoms with E-state index in [1.165, 1.54) is 0 Å². The maximum atomic E-state index is 10.7. The summed E-state index contributed by atoms with van der Waals surface area (Å²) >= 11 is 10.9. The first-order valence-corrected chi connectivity index (χ1v) is 6.17. The van der Waals surface area contributed by atoms with Crippen molar-refractivity contribution in [1.82, 2.24) is 0 Å². The molecule has 0 unspecified atom stereocenters. The van der Waals surface area contributed by atoms with Gasteiger partial charge in [0.05, 0.1) is 0 Å². The third kappa shape index (κ3) is 1.60. The molecule has 1 heterocycles. The van der Waals surface area contributed by atoms with Gasteiger partial charge in [-0.1, -0.05) is 0 Å². The summed E-state index contributed by atoms with van der Waals surface area (Å²) in [5.74, 6) is 0.481. The van der Waals surface area contributed by atoms with Gasteiger partial charge in [-0.3, -0.25) is 4.79 Å². The van der Waals surface area contributed by atoms with Crippen molar-refractivity contribution in [3.63, 3.8) is 0 Å². The number of benzene rings is 1. The highest BCUT2D eigenvalue weighted by Crippen LogP contribution is 2.33. The summed E-state index contributed by atoms with van der Waals surface area (Å²) in [6, 6.07) is 3.70. The Morgan fingerprint density at radius 2 is 2.29 bits per heavy atom. The van der Waals surface area contributed by atoms with E-state index in [0.29, 0.717) is 11.4 Å². The van der Waals surface area contributed by atoms with Crippen LogP contribution in [0.3, 0.4) is 0 Å². The van der Waals surface area contributed by atoms with Gasteiger partial charge in [-0.25, -0.2) is 0 Å². The Bertz CT molecular complexity index is 492. The van der Waals surface area contributed by atoms with Crippen molar-refractivity contribution in [3.8, 4) is 0 Å². The summed E-state index contributed by atoms with van der Waals surface area (Å²) in [4.78, 5) is 10.7. The first kappa shape index (κ1) is 10.1. The van der Waals surface area contributed by atoms with Crippen LogP contribution in [0, 0.1) is 0 Å². The molecule has 0 amide bonds. The zero-order valence-electron chi connectivity index (χ0n) is 7.09. The van der Waals surface area contributed by atoms with Crippen LogP contribution in [-0.4, -0.2) is 6.29 Å². The van der Waals surface area contributed by atoms with Crippen LogP contribution in [0.4, 0.5) is 0 Å². The lowest BCUT2D eigenvalue weighted by atomic mass is 10.1. The number of halogens is 2. The first-order valence-electron chi connectivity index (χ1n) is 3.97. The van der Waals surface area contributed by atoms with Gasteiger partial charge in [0.25, 0.3) is 0 Å². The summed E-state index contributed by atoms with van der Waals surface area (Å²) < 4.78 is 2.10. The molecule has 0 N–H and O–H groups in total. The van der Waals surface area contributed by atoms with Crippen LogP contribution in [0.15, 0.2) is 22.0 Å². The molecule has 0 saturated carbocycles. The summed E-state index contributed by atoms with van der Waals surface area (Å²) in [6.07, 6.45) is 0.847. The predicted octanol–water partition coefficient (Wildman–Crippen LogP) is 4.22. The first-order chi connectivity index (χ1) is 6.76. The fraction of sp³-hybridized carbons (Fsp3) is 0.100. The third-order valence-electron chi connectivity index (χ3n) is 2.01. The number of alkyl halides is 1. The molecule has 14 heavy (non-hydrogen) atoms. The van der Waals surface area contributed by atoms with Gasteiger partial charge in [0.1, 0.15) is 6.29 Å². The molecule has 0 bridgehead atoms. The van der Waals surface area contributed by atoms with Crippen LogP contribution >= 0.6 is 38.9 Å². The molecular formula is C10H6BrClOS. The number of hydrogen-bond donors (Lipinski definition) is 0. The zero-order chi connectivity index (χ0) is 10.1. The Balaban J connectivity index is 2.79. The van der Waals surface area contributed by atoms with Gasteiger partial charge in [-0.15, -0.1) is 22.9 Å². The van der Waals surface area contributed by atoms with E-state index < -0.39 is 0 Å². The second-order valence-electron chi connectivity index (χ2n) is 2.89. The van der Waals surface area contributed by atoms with Gasteiger partial charge in [-0.05, 0) is 44.4 Å². The highest BCUT2D eigenvalue weighted by atomic mass is 79.9. The maximum absolute atomic E-state index is 10.7. The molecule has 2 rings (SSSR count). The van der Waals surface area contributed by atoms with Gasteiger partial charge in [-0.2, -0.15) is 0 Å². The van der Waals surface area contributed by atoms with Gasteiger partial charge in [0.15, 0.2) is 0 Å². The molecule has 72 valence electrons. The van der Waals surface area contributed by atoms with Crippen LogP contribution in [0.5, 0.6) is 0 Å². The van der Waals surface area contributed by atoms with E-state index in [-0.39, 0.29) is 0 Å². The molecule has 1 aromatic heterocycles. The summed E-state index contributed by atoms with van der Waals surface area (Å²) in [5.41, 5.74) is 1.75. The molecule has 0 radical (unpaired) electrons. The van der Waals surface area contributed by atoms with Crippen LogP contribution in [0.2, 0.25) is 0 Å². The second kappa shape index (κ2) is 4.01. The molecule has 0 aliphatic carbocycles. The second-order valence-corrected chi connectivity index (χ2v) is 4.89. The van der Waals surface area contributed by atoms with E-state index in [1.807, 2.05) is 17.5 Å². The number of carbonyl (C=O) groups excluding carboxylic acids is 1. The smallest absolute Gasteiger partial charge is 0.150 e. The lowest BCUT2D eigenvalue weighted by Gasteiger charge is -1.98. The molecule has 0 spiro atoms. The molecule has 0 atom stereocenters. The van der Waals surface area contributed by atoms with E-state index in [2.05, 4.69) is 15.9 Å². The van der Waals surface area contributed by atoms with Gasteiger partial charge < -0.3 is 0 Å². The van der Waals surface area contributed by atoms with E-state index in [0.717, 1.165) is 26.4 Å². The number of rotatable bonds is 2. The average Bonchev–Trinajstić information content (AvgIpc) is 2.61. The van der Waals surface area contributed by atoms with Gasteiger partial charge >= 0.3 is 0 Å². The monoisotopic (exact) mass is 288 g/mol. The minimum absolute atomic E-state index is 0.481. The molecule has 0 aliphatic heterocycles. The van der Waals surface area contributed by atoms with E-state index in [4.69, 9.17) is 11.6 Å². The maximum Gasteiger partial charge on any atom is 0.150 e. The highest BCUT2D eigenvalue weighted by Gasteiger charge is 2.07. The molecular weight excluding hydrogens is 284 g/mol. The van der Waals surface area contributed by atoms with E-state index in [9.17, 15) is 4.79 Å². The summed E-state index contributed by atoms with van der Waals surface area (Å²) in [7, 11) is 0. The molecule has 0 saturated heterocycles. The predicted molar refractivity (Wildman–Crippen MR) is 64.5 cm³/mol. The molecule has 0 fully saturated rings. The highest BCUT2D eigenvalue weighted by molar-refractivity contribution is 9.10. The van der Waals surface area contributed by atoms with Gasteiger partial charge in [0.2, 0.25) is 0 Å². The topological polar surface area (TPSA) is 17.1 Å². The number of aldehydes is 1. The molecule has 1 nitrogen and oxygen atoms in total. The number of carbonyl (C=O) groups is 1. The molecule has 4 heteroatoms. The van der Waals surface area contributed by atoms with Crippen LogP contribution in [0.25, 0.3) is 10.1 Å². The quantitative estimate of drug-likeness (QED) is 0.598. The average molecular weight is 290 g/mol. The number of hydrogen-bond acceptors (Lipinski definition) is 2. The summed E-state index contributed by atoms with van der Waals surface area (Å²) in [6.45, 7) is 0. The Labute approximate surface area is 98.8 Å². The van der Waals surface area contributed by atoms with Crippen LogP contribution < -0.4 is 0 Å². The van der Waals surface area contributed by atoms with Gasteiger partial charge in [0, 0.05) is 20.6 Å². The van der Waals surface area contributed by atoms with Crippen molar-refractivity contribution in [2.45, 2.75) is 5.88 Å². The minimum Gasteiger partial charge on any atom is -0.298 e. The van der Waals surface area contributed by atoms with E-state index in [1.54, 1.807) is 11.3 Å².